The van der Waals surface area contributed by atoms with Crippen LogP contribution in [0.3, 0.4) is 0 Å². The van der Waals surface area contributed by atoms with E-state index in [0.717, 1.165) is 12.1 Å². The largest absolute Gasteiger partial charge is 0.505 e. The minimum Gasteiger partial charge on any atom is -0.505 e. The van der Waals surface area contributed by atoms with Gasteiger partial charge in [-0.1, -0.05) is 0 Å². The maximum atomic E-state index is 12.6. The van der Waals surface area contributed by atoms with Gasteiger partial charge in [-0.15, -0.1) is 0 Å². The third-order valence-electron chi connectivity index (χ3n) is 1.28. The monoisotopic (exact) mass is 204 g/mol. The molecule has 0 saturated carbocycles. The molecule has 0 saturated heterocycles. The molecule has 0 unspecified atom stereocenters. The van der Waals surface area contributed by atoms with Crippen molar-refractivity contribution >= 4 is 23.0 Å². The molecular formula is C7H6F2N2OS. The molecule has 3 nitrogen and oxygen atoms in total. The van der Waals surface area contributed by atoms with Crippen LogP contribution in [0.25, 0.3) is 0 Å². The first-order valence-corrected chi connectivity index (χ1v) is 3.66. The lowest BCUT2D eigenvalue weighted by atomic mass is 10.3. The average Bonchev–Trinajstić information content (AvgIpc) is 1.98. The van der Waals surface area contributed by atoms with E-state index in [9.17, 15) is 8.78 Å². The number of anilines is 1. The Labute approximate surface area is 78.2 Å². The highest BCUT2D eigenvalue weighted by Crippen LogP contribution is 2.23. The van der Waals surface area contributed by atoms with Gasteiger partial charge in [-0.2, -0.15) is 4.39 Å². The number of benzene rings is 1. The molecule has 0 bridgehead atoms. The van der Waals surface area contributed by atoms with Crippen LogP contribution < -0.4 is 11.1 Å². The van der Waals surface area contributed by atoms with Crippen LogP contribution in [0.2, 0.25) is 0 Å². The zero-order valence-electron chi connectivity index (χ0n) is 6.34. The van der Waals surface area contributed by atoms with Crippen molar-refractivity contribution in [2.45, 2.75) is 0 Å². The van der Waals surface area contributed by atoms with Gasteiger partial charge in [0.1, 0.15) is 0 Å². The summed E-state index contributed by atoms with van der Waals surface area (Å²) in [6, 6.07) is 1.83. The number of nitrogens with two attached hydrogens (primary N) is 1. The standard InChI is InChI=1S/C7H6F2N2OS/c8-4-1-3(11-7(10)13)2-5(12)6(4)9/h1-2,12H,(H3,10,11,13). The molecule has 4 N–H and O–H groups in total. The normalized spacial score (nSPS) is 9.69. The summed E-state index contributed by atoms with van der Waals surface area (Å²) >= 11 is 4.47. The van der Waals surface area contributed by atoms with E-state index in [1.807, 2.05) is 0 Å². The van der Waals surface area contributed by atoms with E-state index in [-0.39, 0.29) is 10.8 Å². The Balaban J connectivity index is 3.06. The molecule has 1 aromatic rings. The molecule has 13 heavy (non-hydrogen) atoms. The van der Waals surface area contributed by atoms with E-state index in [4.69, 9.17) is 10.8 Å². The molecule has 0 heterocycles. The Morgan fingerprint density at radius 1 is 1.46 bits per heavy atom. The Morgan fingerprint density at radius 2 is 2.08 bits per heavy atom. The third-order valence-corrected chi connectivity index (χ3v) is 1.38. The van der Waals surface area contributed by atoms with Crippen LogP contribution in [0.4, 0.5) is 14.5 Å². The Morgan fingerprint density at radius 3 is 2.54 bits per heavy atom. The van der Waals surface area contributed by atoms with Gasteiger partial charge in [-0.05, 0) is 12.2 Å². The molecule has 0 fully saturated rings. The number of thiocarbonyl (C=S) groups is 1. The van der Waals surface area contributed by atoms with Gasteiger partial charge in [0, 0.05) is 17.8 Å². The molecule has 70 valence electrons. The van der Waals surface area contributed by atoms with Gasteiger partial charge in [0.15, 0.2) is 22.5 Å². The summed E-state index contributed by atoms with van der Waals surface area (Å²) in [7, 11) is 0. The van der Waals surface area contributed by atoms with Gasteiger partial charge < -0.3 is 16.2 Å². The van der Waals surface area contributed by atoms with Crippen LogP contribution in [-0.4, -0.2) is 10.2 Å². The topological polar surface area (TPSA) is 58.3 Å². The number of hydrogen-bond acceptors (Lipinski definition) is 2. The molecule has 1 aromatic carbocycles. The van der Waals surface area contributed by atoms with Crippen molar-refractivity contribution < 1.29 is 13.9 Å². The van der Waals surface area contributed by atoms with E-state index in [2.05, 4.69) is 17.5 Å². The van der Waals surface area contributed by atoms with E-state index in [1.165, 1.54) is 0 Å². The Kier molecular flexibility index (Phi) is 2.62. The smallest absolute Gasteiger partial charge is 0.200 e. The fourth-order valence-electron chi connectivity index (χ4n) is 0.789. The highest BCUT2D eigenvalue weighted by molar-refractivity contribution is 7.80. The van der Waals surface area contributed by atoms with Crippen LogP contribution >= 0.6 is 12.2 Å². The van der Waals surface area contributed by atoms with Crippen molar-refractivity contribution in [3.05, 3.63) is 23.8 Å². The minimum atomic E-state index is -1.30. The third kappa shape index (κ3) is 2.25. The molecule has 0 atom stereocenters. The van der Waals surface area contributed by atoms with E-state index >= 15 is 0 Å². The van der Waals surface area contributed by atoms with Crippen LogP contribution in [0.1, 0.15) is 0 Å². The molecule has 6 heteroatoms. The second-order valence-electron chi connectivity index (χ2n) is 2.28. The molecule has 1 rings (SSSR count). The van der Waals surface area contributed by atoms with E-state index < -0.39 is 17.4 Å². The van der Waals surface area contributed by atoms with E-state index in [0.29, 0.717) is 0 Å². The summed E-state index contributed by atoms with van der Waals surface area (Å²) in [4.78, 5) is 0. The fraction of sp³-hybridized carbons (Fsp3) is 0. The number of hydrogen-bond donors (Lipinski definition) is 3. The number of halogens is 2. The van der Waals surface area contributed by atoms with Crippen molar-refractivity contribution in [3.63, 3.8) is 0 Å². The highest BCUT2D eigenvalue weighted by atomic mass is 32.1. The van der Waals surface area contributed by atoms with Gasteiger partial charge in [0.25, 0.3) is 0 Å². The van der Waals surface area contributed by atoms with Crippen molar-refractivity contribution in [3.8, 4) is 5.75 Å². The van der Waals surface area contributed by atoms with Gasteiger partial charge in [0.05, 0.1) is 0 Å². The minimum absolute atomic E-state index is 0.0922. The molecule has 0 aliphatic rings. The summed E-state index contributed by atoms with van der Waals surface area (Å²) in [5.41, 5.74) is 5.19. The first-order valence-electron chi connectivity index (χ1n) is 3.25. The van der Waals surface area contributed by atoms with Crippen molar-refractivity contribution in [2.24, 2.45) is 5.73 Å². The summed E-state index contributed by atoms with van der Waals surface area (Å²) in [6.45, 7) is 0. The molecular weight excluding hydrogens is 198 g/mol. The Bertz CT molecular complexity index is 333. The number of rotatable bonds is 1. The quantitative estimate of drug-likeness (QED) is 0.604. The molecule has 0 spiro atoms. The van der Waals surface area contributed by atoms with Crippen LogP contribution in [0.15, 0.2) is 12.1 Å². The molecule has 0 aliphatic carbocycles. The molecule has 0 aromatic heterocycles. The first kappa shape index (κ1) is 9.66. The lowest BCUT2D eigenvalue weighted by Crippen LogP contribution is -2.18. The van der Waals surface area contributed by atoms with Gasteiger partial charge >= 0.3 is 0 Å². The average molecular weight is 204 g/mol. The van der Waals surface area contributed by atoms with Gasteiger partial charge in [-0.25, -0.2) is 4.39 Å². The summed E-state index contributed by atoms with van der Waals surface area (Å²) in [5.74, 6) is -3.26. The predicted octanol–water partition coefficient (Wildman–Crippen LogP) is 1.33. The summed E-state index contributed by atoms with van der Waals surface area (Å²) < 4.78 is 25.2. The van der Waals surface area contributed by atoms with Crippen LogP contribution in [0.5, 0.6) is 5.75 Å². The van der Waals surface area contributed by atoms with Crippen LogP contribution in [-0.2, 0) is 0 Å². The highest BCUT2D eigenvalue weighted by Gasteiger charge is 2.09. The van der Waals surface area contributed by atoms with E-state index in [1.54, 1.807) is 0 Å². The molecule has 0 aliphatic heterocycles. The number of aromatic hydroxyl groups is 1. The predicted molar refractivity (Wildman–Crippen MR) is 48.4 cm³/mol. The fourth-order valence-corrected chi connectivity index (χ4v) is 0.907. The second kappa shape index (κ2) is 3.53. The van der Waals surface area contributed by atoms with Crippen molar-refractivity contribution in [2.75, 3.05) is 5.32 Å². The van der Waals surface area contributed by atoms with Gasteiger partial charge in [0.2, 0.25) is 0 Å². The number of nitrogens with one attached hydrogen (secondary N) is 1. The number of phenolic OH excluding ortho intramolecular Hbond substituents is 1. The maximum Gasteiger partial charge on any atom is 0.200 e. The zero-order chi connectivity index (χ0) is 10.0. The first-order chi connectivity index (χ1) is 6.00. The summed E-state index contributed by atoms with van der Waals surface area (Å²) in [6.07, 6.45) is 0. The molecule has 0 amide bonds. The van der Waals surface area contributed by atoms with Gasteiger partial charge in [-0.3, -0.25) is 0 Å². The SMILES string of the molecule is NC(=S)Nc1cc(O)c(F)c(F)c1. The second-order valence-corrected chi connectivity index (χ2v) is 2.72. The maximum absolute atomic E-state index is 12.6. The lowest BCUT2D eigenvalue weighted by molar-refractivity contribution is 0.407. The molecule has 0 radical (unpaired) electrons. The zero-order valence-corrected chi connectivity index (χ0v) is 7.16. The van der Waals surface area contributed by atoms with Crippen LogP contribution in [0, 0.1) is 11.6 Å². The van der Waals surface area contributed by atoms with Crippen molar-refractivity contribution in [1.29, 1.82) is 0 Å². The lowest BCUT2D eigenvalue weighted by Gasteiger charge is -2.04. The Hall–Kier alpha value is -1.43. The van der Waals surface area contributed by atoms with Crippen molar-refractivity contribution in [1.82, 2.24) is 0 Å². The number of phenols is 1. The summed E-state index contributed by atoms with van der Waals surface area (Å²) in [5, 5.41) is 11.1.